The number of hydrogen-bond acceptors (Lipinski definition) is 1. The van der Waals surface area contributed by atoms with Gasteiger partial charge in [0.2, 0.25) is 0 Å². The van der Waals surface area contributed by atoms with Gasteiger partial charge in [-0.25, -0.2) is 0 Å². The normalized spacial score (nSPS) is 11.4. The van der Waals surface area contributed by atoms with E-state index in [2.05, 4.69) is 42.6 Å². The van der Waals surface area contributed by atoms with Gasteiger partial charge in [-0.05, 0) is 31.5 Å². The van der Waals surface area contributed by atoms with Crippen molar-refractivity contribution in [3.63, 3.8) is 0 Å². The summed E-state index contributed by atoms with van der Waals surface area (Å²) in [6, 6.07) is 10.7. The van der Waals surface area contributed by atoms with E-state index in [1.807, 2.05) is 20.9 Å². The molecule has 1 aromatic rings. The number of benzene rings is 1. The van der Waals surface area contributed by atoms with Crippen LogP contribution in [0.25, 0.3) is 0 Å². The molecule has 0 heterocycles. The lowest BCUT2D eigenvalue weighted by molar-refractivity contribution is 0.636. The zero-order valence-electron chi connectivity index (χ0n) is 9.88. The topological polar surface area (TPSA) is 12.0 Å². The maximum Gasteiger partial charge on any atom is -0.00462 e. The first-order valence-corrected chi connectivity index (χ1v) is 5.54. The molecule has 0 saturated heterocycles. The Morgan fingerprint density at radius 2 is 1.71 bits per heavy atom. The second-order valence-corrected chi connectivity index (χ2v) is 3.20. The van der Waals surface area contributed by atoms with Crippen molar-refractivity contribution in [1.82, 2.24) is 5.32 Å². The van der Waals surface area contributed by atoms with E-state index in [-0.39, 0.29) is 0 Å². The van der Waals surface area contributed by atoms with E-state index in [1.54, 1.807) is 0 Å². The molecule has 0 fully saturated rings. The molecule has 1 rings (SSSR count). The van der Waals surface area contributed by atoms with E-state index in [1.165, 1.54) is 12.0 Å². The molecule has 1 unspecified atom stereocenters. The lowest BCUT2D eigenvalue weighted by atomic mass is 9.98. The van der Waals surface area contributed by atoms with Gasteiger partial charge in [-0.15, -0.1) is 0 Å². The van der Waals surface area contributed by atoms with Gasteiger partial charge in [-0.2, -0.15) is 0 Å². The van der Waals surface area contributed by atoms with E-state index in [4.69, 9.17) is 0 Å². The summed E-state index contributed by atoms with van der Waals surface area (Å²) in [5.41, 5.74) is 1.44. The fourth-order valence-corrected chi connectivity index (χ4v) is 1.31. The maximum absolute atomic E-state index is 3.17. The van der Waals surface area contributed by atoms with Gasteiger partial charge in [-0.1, -0.05) is 51.1 Å². The zero-order chi connectivity index (χ0) is 10.8. The second kappa shape index (κ2) is 8.76. The molecule has 0 radical (unpaired) electrons. The van der Waals surface area contributed by atoms with E-state index in [0.717, 1.165) is 6.54 Å². The van der Waals surface area contributed by atoms with Gasteiger partial charge in [0, 0.05) is 0 Å². The zero-order valence-corrected chi connectivity index (χ0v) is 9.88. The van der Waals surface area contributed by atoms with Crippen LogP contribution in [-0.2, 0) is 0 Å². The average molecular weight is 193 g/mol. The largest absolute Gasteiger partial charge is 0.320 e. The summed E-state index contributed by atoms with van der Waals surface area (Å²) in [4.78, 5) is 0. The molecule has 1 nitrogen and oxygen atoms in total. The van der Waals surface area contributed by atoms with Crippen LogP contribution < -0.4 is 5.32 Å². The summed E-state index contributed by atoms with van der Waals surface area (Å²) in [6.07, 6.45) is 1.21. The molecule has 0 aliphatic rings. The first-order valence-electron chi connectivity index (χ1n) is 5.54. The summed E-state index contributed by atoms with van der Waals surface area (Å²) in [5.74, 6) is 0.665. The highest BCUT2D eigenvalue weighted by Gasteiger charge is 2.02. The Labute approximate surface area is 88.5 Å². The molecule has 1 heteroatoms. The van der Waals surface area contributed by atoms with Crippen molar-refractivity contribution in [3.8, 4) is 0 Å². The Morgan fingerprint density at radius 3 is 2.21 bits per heavy atom. The quantitative estimate of drug-likeness (QED) is 0.772. The molecule has 0 aromatic heterocycles. The van der Waals surface area contributed by atoms with Crippen LogP contribution in [0.15, 0.2) is 30.3 Å². The van der Waals surface area contributed by atoms with Gasteiger partial charge < -0.3 is 5.32 Å². The highest BCUT2D eigenvalue weighted by molar-refractivity contribution is 5.18. The molecule has 0 saturated carbocycles. The fraction of sp³-hybridized carbons (Fsp3) is 0.538. The maximum atomic E-state index is 3.17. The molecule has 0 bridgehead atoms. The highest BCUT2D eigenvalue weighted by atomic mass is 14.8. The monoisotopic (exact) mass is 193 g/mol. The van der Waals surface area contributed by atoms with Crippen molar-refractivity contribution in [1.29, 1.82) is 0 Å². The Morgan fingerprint density at radius 1 is 1.14 bits per heavy atom. The smallest absolute Gasteiger partial charge is 0.00462 e. The molecule has 80 valence electrons. The first-order chi connectivity index (χ1) is 6.84. The van der Waals surface area contributed by atoms with Crippen LogP contribution >= 0.6 is 0 Å². The minimum atomic E-state index is 0.665. The minimum absolute atomic E-state index is 0.665. The van der Waals surface area contributed by atoms with E-state index < -0.39 is 0 Å². The van der Waals surface area contributed by atoms with Gasteiger partial charge in [0.05, 0.1) is 0 Å². The molecule has 1 N–H and O–H groups in total. The van der Waals surface area contributed by atoms with Crippen molar-refractivity contribution in [2.45, 2.75) is 33.1 Å². The Bertz CT molecular complexity index is 206. The molecule has 1 atom stereocenters. The molecular weight excluding hydrogens is 170 g/mol. The van der Waals surface area contributed by atoms with Crippen LogP contribution in [0.1, 0.15) is 38.7 Å². The number of nitrogens with one attached hydrogen (secondary N) is 1. The third-order valence-corrected chi connectivity index (χ3v) is 2.20. The van der Waals surface area contributed by atoms with Crippen LogP contribution in [-0.4, -0.2) is 13.6 Å². The highest BCUT2D eigenvalue weighted by Crippen LogP contribution is 2.17. The van der Waals surface area contributed by atoms with Crippen molar-refractivity contribution < 1.29 is 0 Å². The van der Waals surface area contributed by atoms with E-state index in [0.29, 0.717) is 5.92 Å². The lowest BCUT2D eigenvalue weighted by Gasteiger charge is -2.10. The van der Waals surface area contributed by atoms with Crippen LogP contribution in [0.3, 0.4) is 0 Å². The SMILES string of the molecule is CC.CNCCC(C)c1ccccc1. The number of rotatable bonds is 4. The molecule has 0 spiro atoms. The van der Waals surface area contributed by atoms with Crippen molar-refractivity contribution in [2.75, 3.05) is 13.6 Å². The third kappa shape index (κ3) is 5.03. The van der Waals surface area contributed by atoms with Gasteiger partial charge in [0.1, 0.15) is 0 Å². The van der Waals surface area contributed by atoms with Crippen molar-refractivity contribution >= 4 is 0 Å². The summed E-state index contributed by atoms with van der Waals surface area (Å²) >= 11 is 0. The van der Waals surface area contributed by atoms with E-state index in [9.17, 15) is 0 Å². The molecule has 0 aliphatic heterocycles. The summed E-state index contributed by atoms with van der Waals surface area (Å²) in [5, 5.41) is 3.17. The first kappa shape index (κ1) is 13.2. The van der Waals surface area contributed by atoms with Crippen LogP contribution in [0, 0.1) is 0 Å². The molecule has 14 heavy (non-hydrogen) atoms. The van der Waals surface area contributed by atoms with Crippen molar-refractivity contribution in [3.05, 3.63) is 35.9 Å². The molecule has 1 aromatic carbocycles. The van der Waals surface area contributed by atoms with Gasteiger partial charge >= 0.3 is 0 Å². The Balaban J connectivity index is 0.000000791. The fourth-order valence-electron chi connectivity index (χ4n) is 1.31. The van der Waals surface area contributed by atoms with Gasteiger partial charge in [0.25, 0.3) is 0 Å². The second-order valence-electron chi connectivity index (χ2n) is 3.20. The molecular formula is C13H23N. The standard InChI is InChI=1S/C11H17N.C2H6/c1-10(8-9-12-2)11-6-4-3-5-7-11;1-2/h3-7,10,12H,8-9H2,1-2H3;1-2H3. The van der Waals surface area contributed by atoms with Crippen LogP contribution in [0.5, 0.6) is 0 Å². The Hall–Kier alpha value is -0.820. The van der Waals surface area contributed by atoms with Crippen LogP contribution in [0.2, 0.25) is 0 Å². The average Bonchev–Trinajstić information content (AvgIpc) is 2.30. The lowest BCUT2D eigenvalue weighted by Crippen LogP contribution is -2.10. The predicted molar refractivity (Wildman–Crippen MR) is 64.7 cm³/mol. The van der Waals surface area contributed by atoms with E-state index >= 15 is 0 Å². The third-order valence-electron chi connectivity index (χ3n) is 2.20. The van der Waals surface area contributed by atoms with Gasteiger partial charge in [-0.3, -0.25) is 0 Å². The van der Waals surface area contributed by atoms with Crippen molar-refractivity contribution in [2.24, 2.45) is 0 Å². The minimum Gasteiger partial charge on any atom is -0.320 e. The van der Waals surface area contributed by atoms with Crippen LogP contribution in [0.4, 0.5) is 0 Å². The Kier molecular flexibility index (Phi) is 8.25. The summed E-state index contributed by atoms with van der Waals surface area (Å²) in [6.45, 7) is 7.36. The summed E-state index contributed by atoms with van der Waals surface area (Å²) < 4.78 is 0. The van der Waals surface area contributed by atoms with Gasteiger partial charge in [0.15, 0.2) is 0 Å². The predicted octanol–water partition coefficient (Wildman–Crippen LogP) is 3.43. The summed E-state index contributed by atoms with van der Waals surface area (Å²) in [7, 11) is 2.00. The number of hydrogen-bond donors (Lipinski definition) is 1. The molecule has 0 aliphatic carbocycles. The molecule has 0 amide bonds.